The van der Waals surface area contributed by atoms with Crippen LogP contribution in [0.25, 0.3) is 11.4 Å². The van der Waals surface area contributed by atoms with Gasteiger partial charge in [-0.05, 0) is 18.6 Å². The molecule has 0 aliphatic carbocycles. The van der Waals surface area contributed by atoms with Gasteiger partial charge in [0.05, 0.1) is 6.42 Å². The van der Waals surface area contributed by atoms with E-state index >= 15 is 0 Å². The summed E-state index contributed by atoms with van der Waals surface area (Å²) >= 11 is 3.38. The van der Waals surface area contributed by atoms with Gasteiger partial charge >= 0.3 is 0 Å². The van der Waals surface area contributed by atoms with Crippen molar-refractivity contribution in [2.45, 2.75) is 25.9 Å². The molecule has 0 spiro atoms. The number of aromatic nitrogens is 2. The van der Waals surface area contributed by atoms with Crippen LogP contribution >= 0.6 is 15.9 Å². The second kappa shape index (κ2) is 5.75. The Balaban J connectivity index is 2.18. The maximum absolute atomic E-state index is 12.2. The smallest absolute Gasteiger partial charge is 0.264 e. The molecule has 1 unspecified atom stereocenters. The molecule has 0 amide bonds. The molecule has 0 saturated carbocycles. The summed E-state index contributed by atoms with van der Waals surface area (Å²) in [4.78, 5) is 3.98. The average Bonchev–Trinajstić information content (AvgIpc) is 2.81. The van der Waals surface area contributed by atoms with E-state index in [4.69, 9.17) is 9.63 Å². The van der Waals surface area contributed by atoms with Crippen LogP contribution in [0.2, 0.25) is 0 Å². The van der Waals surface area contributed by atoms with Gasteiger partial charge in [0, 0.05) is 10.0 Å². The van der Waals surface area contributed by atoms with Crippen molar-refractivity contribution in [3.8, 4) is 11.4 Å². The zero-order valence-electron chi connectivity index (χ0n) is 9.98. The molecular formula is C12H11BrF2N2O2. The van der Waals surface area contributed by atoms with E-state index in [1.54, 1.807) is 6.07 Å². The van der Waals surface area contributed by atoms with Gasteiger partial charge in [0.25, 0.3) is 6.43 Å². The third-order valence-electron chi connectivity index (χ3n) is 2.57. The Labute approximate surface area is 116 Å². The minimum Gasteiger partial charge on any atom is -0.387 e. The van der Waals surface area contributed by atoms with E-state index in [1.807, 2.05) is 19.1 Å². The number of benzene rings is 1. The Morgan fingerprint density at radius 2 is 2.16 bits per heavy atom. The van der Waals surface area contributed by atoms with Crippen molar-refractivity contribution in [2.24, 2.45) is 0 Å². The van der Waals surface area contributed by atoms with Crippen LogP contribution in [0.15, 0.2) is 27.2 Å². The van der Waals surface area contributed by atoms with Gasteiger partial charge in [-0.25, -0.2) is 8.78 Å². The molecule has 2 rings (SSSR count). The lowest BCUT2D eigenvalue weighted by atomic mass is 10.1. The molecule has 1 heterocycles. The zero-order valence-corrected chi connectivity index (χ0v) is 11.6. The molecular weight excluding hydrogens is 322 g/mol. The van der Waals surface area contributed by atoms with Gasteiger partial charge in [0.15, 0.2) is 0 Å². The van der Waals surface area contributed by atoms with Crippen LogP contribution in [0.3, 0.4) is 0 Å². The van der Waals surface area contributed by atoms with E-state index in [9.17, 15) is 8.78 Å². The number of halogens is 3. The molecule has 7 heteroatoms. The highest BCUT2D eigenvalue weighted by molar-refractivity contribution is 9.10. The number of hydrogen-bond donors (Lipinski definition) is 1. The minimum atomic E-state index is -2.83. The van der Waals surface area contributed by atoms with Crippen molar-refractivity contribution >= 4 is 15.9 Å². The fourth-order valence-electron chi connectivity index (χ4n) is 1.45. The molecule has 1 aromatic carbocycles. The van der Waals surface area contributed by atoms with E-state index in [2.05, 4.69) is 26.1 Å². The molecule has 1 atom stereocenters. The highest BCUT2D eigenvalue weighted by atomic mass is 79.9. The van der Waals surface area contributed by atoms with Crippen molar-refractivity contribution in [2.75, 3.05) is 0 Å². The van der Waals surface area contributed by atoms with Crippen molar-refractivity contribution in [3.05, 3.63) is 34.1 Å². The Bertz CT molecular complexity index is 575. The largest absolute Gasteiger partial charge is 0.387 e. The van der Waals surface area contributed by atoms with Gasteiger partial charge in [-0.2, -0.15) is 4.98 Å². The van der Waals surface area contributed by atoms with E-state index in [0.717, 1.165) is 10.0 Å². The quantitative estimate of drug-likeness (QED) is 0.935. The highest BCUT2D eigenvalue weighted by Gasteiger charge is 2.21. The lowest BCUT2D eigenvalue weighted by Crippen LogP contribution is -2.20. The topological polar surface area (TPSA) is 59.2 Å². The number of nitrogens with zero attached hydrogens (tertiary/aromatic N) is 2. The van der Waals surface area contributed by atoms with Gasteiger partial charge in [0.2, 0.25) is 11.7 Å². The number of aliphatic hydroxyl groups is 1. The molecule has 0 fully saturated rings. The van der Waals surface area contributed by atoms with Crippen LogP contribution in [0.4, 0.5) is 8.78 Å². The standard InChI is InChI=1S/C12H11BrF2N2O2/c1-6-2-3-7(4-8(6)13)12-16-10(19-17-12)5-9(18)11(14)15/h2-4,9,11,18H,5H2,1H3. The van der Waals surface area contributed by atoms with E-state index < -0.39 is 12.5 Å². The monoisotopic (exact) mass is 332 g/mol. The van der Waals surface area contributed by atoms with E-state index in [1.165, 1.54) is 0 Å². The predicted molar refractivity (Wildman–Crippen MR) is 67.9 cm³/mol. The molecule has 19 heavy (non-hydrogen) atoms. The van der Waals surface area contributed by atoms with Gasteiger partial charge in [-0.1, -0.05) is 33.2 Å². The van der Waals surface area contributed by atoms with Crippen molar-refractivity contribution in [3.63, 3.8) is 0 Å². The zero-order chi connectivity index (χ0) is 14.0. The van der Waals surface area contributed by atoms with Gasteiger partial charge in [-0.15, -0.1) is 0 Å². The molecule has 0 aliphatic heterocycles. The number of aryl methyl sites for hydroxylation is 1. The fourth-order valence-corrected chi connectivity index (χ4v) is 1.83. The van der Waals surface area contributed by atoms with Gasteiger partial charge in [-0.3, -0.25) is 0 Å². The number of aliphatic hydroxyl groups excluding tert-OH is 1. The Kier molecular flexibility index (Phi) is 4.26. The van der Waals surface area contributed by atoms with Crippen molar-refractivity contribution in [1.29, 1.82) is 0 Å². The van der Waals surface area contributed by atoms with Crippen LogP contribution < -0.4 is 0 Å². The summed E-state index contributed by atoms with van der Waals surface area (Å²) in [5, 5.41) is 12.8. The van der Waals surface area contributed by atoms with E-state index in [0.29, 0.717) is 11.4 Å². The summed E-state index contributed by atoms with van der Waals surface area (Å²) in [5.41, 5.74) is 1.76. The predicted octanol–water partition coefficient (Wildman–Crippen LogP) is 2.98. The highest BCUT2D eigenvalue weighted by Crippen LogP contribution is 2.24. The first kappa shape index (κ1) is 14.1. The first-order valence-corrected chi connectivity index (χ1v) is 6.32. The Morgan fingerprint density at radius 1 is 1.42 bits per heavy atom. The molecule has 0 saturated heterocycles. The maximum atomic E-state index is 12.2. The third-order valence-corrected chi connectivity index (χ3v) is 3.43. The van der Waals surface area contributed by atoms with Crippen LogP contribution in [-0.2, 0) is 6.42 Å². The summed E-state index contributed by atoms with van der Waals surface area (Å²) in [6.45, 7) is 1.94. The minimum absolute atomic E-state index is 0.0144. The summed E-state index contributed by atoms with van der Waals surface area (Å²) in [5.74, 6) is 0.289. The van der Waals surface area contributed by atoms with Crippen LogP contribution in [0.1, 0.15) is 11.5 Å². The van der Waals surface area contributed by atoms with Crippen LogP contribution in [0, 0.1) is 6.92 Å². The summed E-state index contributed by atoms with van der Waals surface area (Å²) in [6, 6.07) is 5.50. The Hall–Kier alpha value is -1.34. The van der Waals surface area contributed by atoms with Crippen molar-refractivity contribution in [1.82, 2.24) is 10.1 Å². The maximum Gasteiger partial charge on any atom is 0.264 e. The summed E-state index contributed by atoms with van der Waals surface area (Å²) in [7, 11) is 0. The summed E-state index contributed by atoms with van der Waals surface area (Å²) in [6.07, 6.45) is -4.99. The van der Waals surface area contributed by atoms with Gasteiger partial charge in [0.1, 0.15) is 6.10 Å². The second-order valence-electron chi connectivity index (χ2n) is 4.08. The van der Waals surface area contributed by atoms with Gasteiger partial charge < -0.3 is 9.63 Å². The molecule has 4 nitrogen and oxygen atoms in total. The third kappa shape index (κ3) is 3.36. The first-order valence-electron chi connectivity index (χ1n) is 5.52. The second-order valence-corrected chi connectivity index (χ2v) is 4.94. The number of alkyl halides is 2. The fraction of sp³-hybridized carbons (Fsp3) is 0.333. The Morgan fingerprint density at radius 3 is 2.79 bits per heavy atom. The molecule has 0 bridgehead atoms. The normalized spacial score (nSPS) is 12.9. The SMILES string of the molecule is Cc1ccc(-c2noc(CC(O)C(F)F)n2)cc1Br. The van der Waals surface area contributed by atoms with Crippen LogP contribution in [-0.4, -0.2) is 27.8 Å². The molecule has 2 aromatic rings. The molecule has 1 aromatic heterocycles. The molecule has 0 radical (unpaired) electrons. The number of rotatable bonds is 4. The lowest BCUT2D eigenvalue weighted by molar-refractivity contribution is -0.00754. The number of hydrogen-bond acceptors (Lipinski definition) is 4. The van der Waals surface area contributed by atoms with Crippen molar-refractivity contribution < 1.29 is 18.4 Å². The molecule has 1 N–H and O–H groups in total. The molecule has 0 aliphatic rings. The first-order chi connectivity index (χ1) is 8.97. The van der Waals surface area contributed by atoms with E-state index in [-0.39, 0.29) is 12.3 Å². The average molecular weight is 333 g/mol. The molecule has 102 valence electrons. The lowest BCUT2D eigenvalue weighted by Gasteiger charge is -2.04. The van der Waals surface area contributed by atoms with Crippen LogP contribution in [0.5, 0.6) is 0 Å². The summed E-state index contributed by atoms with van der Waals surface area (Å²) < 4.78 is 30.1.